The highest BCUT2D eigenvalue weighted by Gasteiger charge is 2.19. The number of aromatic nitrogens is 1. The van der Waals surface area contributed by atoms with Crippen LogP contribution in [-0.4, -0.2) is 43.7 Å². The Morgan fingerprint density at radius 3 is 2.38 bits per heavy atom. The minimum atomic E-state index is -3.24. The third-order valence-electron chi connectivity index (χ3n) is 4.78. The lowest BCUT2D eigenvalue weighted by Crippen LogP contribution is -2.28. The molecule has 1 aromatic carbocycles. The number of nitrogens with zero attached hydrogens (tertiary/aromatic N) is 2. The Morgan fingerprint density at radius 1 is 1.12 bits per heavy atom. The maximum Gasteiger partial charge on any atom is 0.192 e. The second-order valence-electron chi connectivity index (χ2n) is 6.63. The maximum absolute atomic E-state index is 11.5. The number of benzene rings is 1. The molecule has 1 unspecified atom stereocenters. The van der Waals surface area contributed by atoms with Crippen LogP contribution in [0, 0.1) is 0 Å². The maximum atomic E-state index is 11.5. The molecule has 1 fully saturated rings. The minimum absolute atomic E-state index is 0.114. The molecule has 1 aliphatic heterocycles. The summed E-state index contributed by atoms with van der Waals surface area (Å²) >= 11 is 0. The van der Waals surface area contributed by atoms with Crippen molar-refractivity contribution >= 4 is 9.84 Å². The molecule has 0 amide bonds. The Morgan fingerprint density at radius 2 is 1.83 bits per heavy atom. The Hall–Kier alpha value is -1.72. The van der Waals surface area contributed by atoms with E-state index >= 15 is 0 Å². The SMILES string of the molecule is CC1CCCN1CCc1ccc(-c2ccc(S(C)(=O)=O)nc2)cc1. The molecule has 0 aliphatic carbocycles. The summed E-state index contributed by atoms with van der Waals surface area (Å²) in [5.74, 6) is 0. The topological polar surface area (TPSA) is 50.3 Å². The highest BCUT2D eigenvalue weighted by molar-refractivity contribution is 7.90. The second kappa shape index (κ2) is 7.03. The van der Waals surface area contributed by atoms with Crippen LogP contribution < -0.4 is 0 Å². The van der Waals surface area contributed by atoms with Crippen LogP contribution in [-0.2, 0) is 16.3 Å². The first kappa shape index (κ1) is 17.1. The molecule has 1 aromatic heterocycles. The summed E-state index contributed by atoms with van der Waals surface area (Å²) in [7, 11) is -3.24. The first-order valence-electron chi connectivity index (χ1n) is 8.43. The van der Waals surface area contributed by atoms with Crippen molar-refractivity contribution in [3.63, 3.8) is 0 Å². The van der Waals surface area contributed by atoms with Crippen molar-refractivity contribution in [1.29, 1.82) is 0 Å². The van der Waals surface area contributed by atoms with Crippen molar-refractivity contribution in [2.45, 2.75) is 37.3 Å². The number of sulfone groups is 1. The van der Waals surface area contributed by atoms with Gasteiger partial charge in [-0.1, -0.05) is 24.3 Å². The van der Waals surface area contributed by atoms with Gasteiger partial charge in [0.25, 0.3) is 0 Å². The molecule has 0 bridgehead atoms. The van der Waals surface area contributed by atoms with Crippen LogP contribution in [0.15, 0.2) is 47.6 Å². The summed E-state index contributed by atoms with van der Waals surface area (Å²) in [4.78, 5) is 6.61. The molecule has 128 valence electrons. The molecular weight excluding hydrogens is 320 g/mol. The lowest BCUT2D eigenvalue weighted by atomic mass is 10.0. The van der Waals surface area contributed by atoms with Crippen molar-refractivity contribution in [2.75, 3.05) is 19.3 Å². The molecule has 2 aromatic rings. The average molecular weight is 344 g/mol. The Bertz CT molecular complexity index is 783. The molecule has 2 heterocycles. The number of rotatable bonds is 5. The van der Waals surface area contributed by atoms with E-state index in [2.05, 4.69) is 41.1 Å². The van der Waals surface area contributed by atoms with Crippen molar-refractivity contribution in [3.05, 3.63) is 48.2 Å². The van der Waals surface area contributed by atoms with Gasteiger partial charge in [0, 0.05) is 30.6 Å². The summed E-state index contributed by atoms with van der Waals surface area (Å²) in [6, 6.07) is 12.6. The number of likely N-dealkylation sites (tertiary alicyclic amines) is 1. The Kier molecular flexibility index (Phi) is 5.01. The van der Waals surface area contributed by atoms with Gasteiger partial charge in [-0.25, -0.2) is 13.4 Å². The van der Waals surface area contributed by atoms with Crippen molar-refractivity contribution in [2.24, 2.45) is 0 Å². The molecule has 4 nitrogen and oxygen atoms in total. The van der Waals surface area contributed by atoms with Crippen molar-refractivity contribution in [3.8, 4) is 11.1 Å². The van der Waals surface area contributed by atoms with Gasteiger partial charge < -0.3 is 4.90 Å². The molecule has 0 spiro atoms. The van der Waals surface area contributed by atoms with Gasteiger partial charge in [-0.15, -0.1) is 0 Å². The van der Waals surface area contributed by atoms with Crippen molar-refractivity contribution < 1.29 is 8.42 Å². The molecule has 0 radical (unpaired) electrons. The monoisotopic (exact) mass is 344 g/mol. The van der Waals surface area contributed by atoms with E-state index in [1.807, 2.05) is 6.07 Å². The van der Waals surface area contributed by atoms with Crippen LogP contribution in [0.25, 0.3) is 11.1 Å². The number of hydrogen-bond donors (Lipinski definition) is 0. The number of pyridine rings is 1. The molecule has 5 heteroatoms. The minimum Gasteiger partial charge on any atom is -0.300 e. The number of hydrogen-bond acceptors (Lipinski definition) is 4. The normalized spacial score (nSPS) is 18.8. The predicted molar refractivity (Wildman–Crippen MR) is 96.8 cm³/mol. The van der Waals surface area contributed by atoms with Gasteiger partial charge in [-0.2, -0.15) is 0 Å². The zero-order chi connectivity index (χ0) is 17.2. The van der Waals surface area contributed by atoms with Crippen LogP contribution >= 0.6 is 0 Å². The lowest BCUT2D eigenvalue weighted by Gasteiger charge is -2.20. The van der Waals surface area contributed by atoms with E-state index < -0.39 is 9.84 Å². The molecule has 0 saturated carbocycles. The van der Waals surface area contributed by atoms with Crippen LogP contribution in [0.2, 0.25) is 0 Å². The summed E-state index contributed by atoms with van der Waals surface area (Å²) in [5, 5.41) is 0.114. The summed E-state index contributed by atoms with van der Waals surface area (Å²) in [5.41, 5.74) is 3.32. The van der Waals surface area contributed by atoms with Crippen LogP contribution in [0.4, 0.5) is 0 Å². The first-order chi connectivity index (χ1) is 11.4. The fourth-order valence-corrected chi connectivity index (χ4v) is 3.79. The van der Waals surface area contributed by atoms with E-state index in [-0.39, 0.29) is 5.03 Å². The van der Waals surface area contributed by atoms with E-state index in [1.165, 1.54) is 31.2 Å². The van der Waals surface area contributed by atoms with Gasteiger partial charge >= 0.3 is 0 Å². The van der Waals surface area contributed by atoms with Gasteiger partial charge in [0.1, 0.15) is 0 Å². The third-order valence-corrected chi connectivity index (χ3v) is 5.78. The van der Waals surface area contributed by atoms with E-state index in [4.69, 9.17) is 0 Å². The molecular formula is C19H24N2O2S. The lowest BCUT2D eigenvalue weighted by molar-refractivity contribution is 0.272. The Labute approximate surface area is 144 Å². The largest absolute Gasteiger partial charge is 0.300 e. The van der Waals surface area contributed by atoms with Gasteiger partial charge in [0.2, 0.25) is 0 Å². The average Bonchev–Trinajstić information content (AvgIpc) is 2.98. The van der Waals surface area contributed by atoms with E-state index in [0.29, 0.717) is 6.04 Å². The standard InChI is InChI=1S/C19H24N2O2S/c1-15-4-3-12-21(15)13-11-16-5-7-17(8-6-16)18-9-10-19(20-14-18)24(2,22)23/h5-10,14-15H,3-4,11-13H2,1-2H3. The third kappa shape index (κ3) is 4.02. The fourth-order valence-electron chi connectivity index (χ4n) is 3.23. The van der Waals surface area contributed by atoms with Crippen molar-refractivity contribution in [1.82, 2.24) is 9.88 Å². The van der Waals surface area contributed by atoms with Crippen LogP contribution in [0.3, 0.4) is 0 Å². The van der Waals surface area contributed by atoms with Gasteiger partial charge in [-0.05, 0) is 56.0 Å². The summed E-state index contributed by atoms with van der Waals surface area (Å²) in [6.07, 6.45) is 6.49. The highest BCUT2D eigenvalue weighted by atomic mass is 32.2. The second-order valence-corrected chi connectivity index (χ2v) is 8.59. The fraction of sp³-hybridized carbons (Fsp3) is 0.421. The molecule has 3 rings (SSSR count). The molecule has 1 aliphatic rings. The summed E-state index contributed by atoms with van der Waals surface area (Å²) in [6.45, 7) is 4.64. The van der Waals surface area contributed by atoms with Gasteiger partial charge in [0.05, 0.1) is 0 Å². The Balaban J connectivity index is 1.65. The zero-order valence-corrected chi connectivity index (χ0v) is 15.1. The van der Waals surface area contributed by atoms with Crippen LogP contribution in [0.1, 0.15) is 25.3 Å². The smallest absolute Gasteiger partial charge is 0.192 e. The highest BCUT2D eigenvalue weighted by Crippen LogP contribution is 2.21. The summed E-state index contributed by atoms with van der Waals surface area (Å²) < 4.78 is 22.9. The van der Waals surface area contributed by atoms with E-state index in [1.54, 1.807) is 12.3 Å². The predicted octanol–water partition coefficient (Wildman–Crippen LogP) is 3.18. The van der Waals surface area contributed by atoms with E-state index in [9.17, 15) is 8.42 Å². The molecule has 1 saturated heterocycles. The van der Waals surface area contributed by atoms with Gasteiger partial charge in [0.15, 0.2) is 14.9 Å². The quantitative estimate of drug-likeness (QED) is 0.836. The molecule has 24 heavy (non-hydrogen) atoms. The molecule has 1 atom stereocenters. The zero-order valence-electron chi connectivity index (χ0n) is 14.3. The van der Waals surface area contributed by atoms with Crippen LogP contribution in [0.5, 0.6) is 0 Å². The van der Waals surface area contributed by atoms with Gasteiger partial charge in [-0.3, -0.25) is 0 Å². The first-order valence-corrected chi connectivity index (χ1v) is 10.3. The molecule has 0 N–H and O–H groups in total. The van der Waals surface area contributed by atoms with E-state index in [0.717, 1.165) is 24.1 Å².